The molecule has 3 heteroatoms. The maximum absolute atomic E-state index is 6.04. The van der Waals surface area contributed by atoms with Gasteiger partial charge in [-0.2, -0.15) is 0 Å². The van der Waals surface area contributed by atoms with Gasteiger partial charge in [0.25, 0.3) is 0 Å². The second-order valence-electron chi connectivity index (χ2n) is 5.26. The van der Waals surface area contributed by atoms with Gasteiger partial charge in [-0.15, -0.1) is 0 Å². The molecule has 1 aromatic carbocycles. The zero-order valence-corrected chi connectivity index (χ0v) is 13.1. The SMILES string of the molecule is CCCc1cc(CNC)cc(OC(C)c2ccccc2)n1. The molecule has 1 N–H and O–H groups in total. The van der Waals surface area contributed by atoms with Crippen molar-refractivity contribution in [1.82, 2.24) is 10.3 Å². The van der Waals surface area contributed by atoms with Crippen molar-refractivity contribution in [3.63, 3.8) is 0 Å². The smallest absolute Gasteiger partial charge is 0.214 e. The molecule has 0 bridgehead atoms. The molecule has 0 aliphatic heterocycles. The molecular weight excluding hydrogens is 260 g/mol. The van der Waals surface area contributed by atoms with E-state index in [2.05, 4.69) is 42.3 Å². The molecule has 0 saturated carbocycles. The fraction of sp³-hybridized carbons (Fsp3) is 0.389. The van der Waals surface area contributed by atoms with Crippen LogP contribution >= 0.6 is 0 Å². The highest BCUT2D eigenvalue weighted by Crippen LogP contribution is 2.22. The van der Waals surface area contributed by atoms with Crippen LogP contribution in [0.2, 0.25) is 0 Å². The quantitative estimate of drug-likeness (QED) is 0.837. The van der Waals surface area contributed by atoms with Gasteiger partial charge in [0, 0.05) is 18.3 Å². The van der Waals surface area contributed by atoms with Crippen LogP contribution in [0.5, 0.6) is 5.88 Å². The molecule has 1 aromatic heterocycles. The number of nitrogens with zero attached hydrogens (tertiary/aromatic N) is 1. The van der Waals surface area contributed by atoms with Gasteiger partial charge in [0.15, 0.2) is 0 Å². The molecule has 1 heterocycles. The lowest BCUT2D eigenvalue weighted by Crippen LogP contribution is -2.09. The van der Waals surface area contributed by atoms with E-state index in [-0.39, 0.29) is 6.10 Å². The summed E-state index contributed by atoms with van der Waals surface area (Å²) in [5.41, 5.74) is 3.47. The van der Waals surface area contributed by atoms with Crippen LogP contribution in [-0.2, 0) is 13.0 Å². The van der Waals surface area contributed by atoms with Crippen LogP contribution in [-0.4, -0.2) is 12.0 Å². The third kappa shape index (κ3) is 4.57. The van der Waals surface area contributed by atoms with Crippen molar-refractivity contribution in [2.45, 2.75) is 39.3 Å². The first-order chi connectivity index (χ1) is 10.2. The molecule has 3 nitrogen and oxygen atoms in total. The van der Waals surface area contributed by atoms with Crippen molar-refractivity contribution in [2.24, 2.45) is 0 Å². The molecule has 1 unspecified atom stereocenters. The van der Waals surface area contributed by atoms with Gasteiger partial charge in [-0.05, 0) is 37.6 Å². The molecule has 112 valence electrons. The van der Waals surface area contributed by atoms with Gasteiger partial charge < -0.3 is 10.1 Å². The van der Waals surface area contributed by atoms with E-state index in [1.54, 1.807) is 0 Å². The maximum atomic E-state index is 6.04. The second-order valence-corrected chi connectivity index (χ2v) is 5.26. The van der Waals surface area contributed by atoms with E-state index in [9.17, 15) is 0 Å². The first-order valence-electron chi connectivity index (χ1n) is 7.59. The summed E-state index contributed by atoms with van der Waals surface area (Å²) in [4.78, 5) is 4.62. The fourth-order valence-electron chi connectivity index (χ4n) is 2.34. The average molecular weight is 284 g/mol. The Labute approximate surface area is 127 Å². The molecule has 0 aliphatic rings. The summed E-state index contributed by atoms with van der Waals surface area (Å²) in [6.45, 7) is 5.05. The molecule has 0 radical (unpaired) electrons. The zero-order valence-electron chi connectivity index (χ0n) is 13.1. The van der Waals surface area contributed by atoms with Crippen LogP contribution in [0.25, 0.3) is 0 Å². The lowest BCUT2D eigenvalue weighted by atomic mass is 10.1. The Morgan fingerprint density at radius 2 is 1.95 bits per heavy atom. The Bertz CT molecular complexity index is 530. The number of aromatic nitrogens is 1. The van der Waals surface area contributed by atoms with Crippen LogP contribution in [0.15, 0.2) is 42.5 Å². The normalized spacial score (nSPS) is 12.1. The minimum Gasteiger partial charge on any atom is -0.470 e. The Morgan fingerprint density at radius 3 is 2.62 bits per heavy atom. The monoisotopic (exact) mass is 284 g/mol. The fourth-order valence-corrected chi connectivity index (χ4v) is 2.34. The summed E-state index contributed by atoms with van der Waals surface area (Å²) < 4.78 is 6.04. The Hall–Kier alpha value is -1.87. The van der Waals surface area contributed by atoms with Gasteiger partial charge in [0.1, 0.15) is 6.10 Å². The molecule has 0 fully saturated rings. The average Bonchev–Trinajstić information content (AvgIpc) is 2.48. The topological polar surface area (TPSA) is 34.1 Å². The standard InChI is InChI=1S/C18H24N2O/c1-4-8-17-11-15(13-19-3)12-18(20-17)21-14(2)16-9-6-5-7-10-16/h5-7,9-12,14,19H,4,8,13H2,1-3H3. The molecule has 1 atom stereocenters. The summed E-state index contributed by atoms with van der Waals surface area (Å²) in [6, 6.07) is 14.4. The van der Waals surface area contributed by atoms with Crippen molar-refractivity contribution in [3.8, 4) is 5.88 Å². The number of aryl methyl sites for hydroxylation is 1. The van der Waals surface area contributed by atoms with Crippen LogP contribution in [0.4, 0.5) is 0 Å². The van der Waals surface area contributed by atoms with Gasteiger partial charge in [0.05, 0.1) is 0 Å². The summed E-state index contributed by atoms with van der Waals surface area (Å²) >= 11 is 0. The van der Waals surface area contributed by atoms with Crippen molar-refractivity contribution in [2.75, 3.05) is 7.05 Å². The van der Waals surface area contributed by atoms with E-state index in [0.717, 1.165) is 30.6 Å². The number of rotatable bonds is 7. The first-order valence-corrected chi connectivity index (χ1v) is 7.59. The van der Waals surface area contributed by atoms with E-state index >= 15 is 0 Å². The largest absolute Gasteiger partial charge is 0.470 e. The lowest BCUT2D eigenvalue weighted by molar-refractivity contribution is 0.216. The number of benzene rings is 1. The molecule has 2 rings (SSSR count). The van der Waals surface area contributed by atoms with E-state index in [4.69, 9.17) is 4.74 Å². The highest BCUT2D eigenvalue weighted by molar-refractivity contribution is 5.26. The van der Waals surface area contributed by atoms with E-state index in [1.807, 2.05) is 31.3 Å². The predicted molar refractivity (Wildman–Crippen MR) is 86.5 cm³/mol. The Kier molecular flexibility index (Phi) is 5.76. The van der Waals surface area contributed by atoms with E-state index < -0.39 is 0 Å². The third-order valence-electron chi connectivity index (χ3n) is 3.37. The second kappa shape index (κ2) is 7.79. The van der Waals surface area contributed by atoms with E-state index in [0.29, 0.717) is 5.88 Å². The molecule has 2 aromatic rings. The third-order valence-corrected chi connectivity index (χ3v) is 3.37. The van der Waals surface area contributed by atoms with Gasteiger partial charge in [-0.25, -0.2) is 4.98 Å². The van der Waals surface area contributed by atoms with Gasteiger partial charge in [0.2, 0.25) is 5.88 Å². The van der Waals surface area contributed by atoms with Crippen molar-refractivity contribution >= 4 is 0 Å². The number of hydrogen-bond acceptors (Lipinski definition) is 3. The minimum atomic E-state index is -0.00184. The molecule has 0 amide bonds. The van der Waals surface area contributed by atoms with Gasteiger partial charge >= 0.3 is 0 Å². The summed E-state index contributed by atoms with van der Waals surface area (Å²) in [5, 5.41) is 3.18. The van der Waals surface area contributed by atoms with Crippen LogP contribution in [0.3, 0.4) is 0 Å². The predicted octanol–water partition coefficient (Wildman–Crippen LogP) is 3.89. The Balaban J connectivity index is 2.18. The van der Waals surface area contributed by atoms with Crippen LogP contribution in [0.1, 0.15) is 43.2 Å². The first kappa shape index (κ1) is 15.5. The number of pyridine rings is 1. The van der Waals surface area contributed by atoms with Gasteiger partial charge in [-0.1, -0.05) is 43.7 Å². The summed E-state index contributed by atoms with van der Waals surface area (Å²) in [6.07, 6.45) is 2.06. The number of hydrogen-bond donors (Lipinski definition) is 1. The van der Waals surface area contributed by atoms with Crippen molar-refractivity contribution in [3.05, 3.63) is 59.3 Å². The van der Waals surface area contributed by atoms with Crippen LogP contribution in [0, 0.1) is 0 Å². The molecule has 0 spiro atoms. The molecule has 0 aliphatic carbocycles. The number of ether oxygens (including phenoxy) is 1. The minimum absolute atomic E-state index is 0.00184. The molecule has 0 saturated heterocycles. The highest BCUT2D eigenvalue weighted by Gasteiger charge is 2.09. The van der Waals surface area contributed by atoms with Crippen molar-refractivity contribution in [1.29, 1.82) is 0 Å². The zero-order chi connectivity index (χ0) is 15.1. The Morgan fingerprint density at radius 1 is 1.19 bits per heavy atom. The molecular formula is C18H24N2O. The molecule has 21 heavy (non-hydrogen) atoms. The van der Waals surface area contributed by atoms with Gasteiger partial charge in [-0.3, -0.25) is 0 Å². The lowest BCUT2D eigenvalue weighted by Gasteiger charge is -2.16. The summed E-state index contributed by atoms with van der Waals surface area (Å²) in [7, 11) is 1.95. The summed E-state index contributed by atoms with van der Waals surface area (Å²) in [5.74, 6) is 0.711. The van der Waals surface area contributed by atoms with E-state index in [1.165, 1.54) is 5.56 Å². The highest BCUT2D eigenvalue weighted by atomic mass is 16.5. The number of nitrogens with one attached hydrogen (secondary N) is 1. The van der Waals surface area contributed by atoms with Crippen LogP contribution < -0.4 is 10.1 Å². The maximum Gasteiger partial charge on any atom is 0.214 e. The van der Waals surface area contributed by atoms with Crippen molar-refractivity contribution < 1.29 is 4.74 Å².